The van der Waals surface area contributed by atoms with Crippen molar-refractivity contribution in [3.8, 4) is 0 Å². The first kappa shape index (κ1) is 11.8. The Labute approximate surface area is 106 Å². The Hall–Kier alpha value is -1.69. The quantitative estimate of drug-likeness (QED) is 0.925. The normalized spacial score (nSPS) is 10.3. The summed E-state index contributed by atoms with van der Waals surface area (Å²) in [4.78, 5) is 16.0. The van der Waals surface area contributed by atoms with Crippen molar-refractivity contribution < 1.29 is 9.32 Å². The second-order valence-electron chi connectivity index (χ2n) is 3.51. The number of aromatic nitrogens is 2. The number of hydrogen-bond acceptors (Lipinski definition) is 4. The maximum atomic E-state index is 12.0. The van der Waals surface area contributed by atoms with Crippen molar-refractivity contribution >= 4 is 27.7 Å². The topological polar surface area (TPSA) is 68.0 Å². The lowest BCUT2D eigenvalue weighted by Crippen LogP contribution is -2.14. The molecule has 0 atom stereocenters. The molecule has 88 valence electrons. The fraction of sp³-hybridized carbons (Fsp3) is 0.182. The van der Waals surface area contributed by atoms with Crippen LogP contribution in [0.25, 0.3) is 0 Å². The lowest BCUT2D eigenvalue weighted by atomic mass is 10.2. The maximum absolute atomic E-state index is 12.0. The second kappa shape index (κ2) is 4.67. The summed E-state index contributed by atoms with van der Waals surface area (Å²) in [6, 6.07) is 3.50. The van der Waals surface area contributed by atoms with Crippen molar-refractivity contribution in [3.63, 3.8) is 0 Å². The minimum Gasteiger partial charge on any atom is -0.361 e. The van der Waals surface area contributed by atoms with Crippen LogP contribution < -0.4 is 5.32 Å². The van der Waals surface area contributed by atoms with Gasteiger partial charge in [-0.1, -0.05) is 21.1 Å². The molecule has 2 aromatic rings. The zero-order chi connectivity index (χ0) is 12.4. The number of aryl methyl sites for hydroxylation is 2. The van der Waals surface area contributed by atoms with E-state index in [0.29, 0.717) is 22.8 Å². The highest BCUT2D eigenvalue weighted by Crippen LogP contribution is 2.16. The fourth-order valence-electron chi connectivity index (χ4n) is 1.46. The first-order valence-electron chi connectivity index (χ1n) is 4.93. The Morgan fingerprint density at radius 3 is 2.82 bits per heavy atom. The molecule has 6 heteroatoms. The molecule has 17 heavy (non-hydrogen) atoms. The van der Waals surface area contributed by atoms with E-state index in [-0.39, 0.29) is 5.91 Å². The van der Waals surface area contributed by atoms with Crippen molar-refractivity contribution in [2.24, 2.45) is 0 Å². The molecule has 0 aromatic carbocycles. The van der Waals surface area contributed by atoms with E-state index in [1.54, 1.807) is 32.2 Å². The number of anilines is 1. The molecule has 0 aliphatic rings. The minimum absolute atomic E-state index is 0.271. The van der Waals surface area contributed by atoms with Crippen LogP contribution in [-0.4, -0.2) is 16.0 Å². The maximum Gasteiger partial charge on any atom is 0.262 e. The molecular weight excluding hydrogens is 286 g/mol. The molecule has 0 aliphatic heterocycles. The van der Waals surface area contributed by atoms with Gasteiger partial charge in [-0.05, 0) is 26.0 Å². The third-order valence-electron chi connectivity index (χ3n) is 2.22. The van der Waals surface area contributed by atoms with Crippen molar-refractivity contribution in [1.29, 1.82) is 0 Å². The third-order valence-corrected chi connectivity index (χ3v) is 2.72. The van der Waals surface area contributed by atoms with E-state index >= 15 is 0 Å². The predicted octanol–water partition coefficient (Wildman–Crippen LogP) is 2.70. The van der Waals surface area contributed by atoms with Crippen LogP contribution in [0.2, 0.25) is 0 Å². The predicted molar refractivity (Wildman–Crippen MR) is 65.9 cm³/mol. The Morgan fingerprint density at radius 2 is 2.24 bits per heavy atom. The molecule has 0 radical (unpaired) electrons. The Morgan fingerprint density at radius 1 is 1.47 bits per heavy atom. The molecular formula is C11H10BrN3O2. The van der Waals surface area contributed by atoms with Crippen LogP contribution in [0.15, 0.2) is 27.3 Å². The van der Waals surface area contributed by atoms with Gasteiger partial charge in [0.1, 0.15) is 17.1 Å². The van der Waals surface area contributed by atoms with E-state index in [2.05, 4.69) is 31.4 Å². The van der Waals surface area contributed by atoms with Gasteiger partial charge >= 0.3 is 0 Å². The smallest absolute Gasteiger partial charge is 0.262 e. The van der Waals surface area contributed by atoms with Gasteiger partial charge in [0.25, 0.3) is 5.91 Å². The SMILES string of the molecule is Cc1noc(C)c1C(=O)Nc1cc(Br)ccn1. The number of rotatable bonds is 2. The van der Waals surface area contributed by atoms with Gasteiger partial charge in [0.15, 0.2) is 0 Å². The molecule has 2 aromatic heterocycles. The number of carbonyl (C=O) groups is 1. The summed E-state index contributed by atoms with van der Waals surface area (Å²) in [7, 11) is 0. The highest BCUT2D eigenvalue weighted by atomic mass is 79.9. The van der Waals surface area contributed by atoms with Crippen LogP contribution in [0.1, 0.15) is 21.8 Å². The Balaban J connectivity index is 2.23. The van der Waals surface area contributed by atoms with Gasteiger partial charge in [-0.15, -0.1) is 0 Å². The monoisotopic (exact) mass is 295 g/mol. The van der Waals surface area contributed by atoms with Crippen molar-refractivity contribution in [2.45, 2.75) is 13.8 Å². The summed E-state index contributed by atoms with van der Waals surface area (Å²) < 4.78 is 5.79. The molecule has 0 saturated carbocycles. The lowest BCUT2D eigenvalue weighted by Gasteiger charge is -2.03. The molecule has 0 unspecified atom stereocenters. The Kier molecular flexibility index (Phi) is 3.23. The number of amides is 1. The zero-order valence-electron chi connectivity index (χ0n) is 9.32. The highest BCUT2D eigenvalue weighted by Gasteiger charge is 2.17. The number of nitrogens with one attached hydrogen (secondary N) is 1. The van der Waals surface area contributed by atoms with E-state index in [4.69, 9.17) is 4.52 Å². The highest BCUT2D eigenvalue weighted by molar-refractivity contribution is 9.10. The second-order valence-corrected chi connectivity index (χ2v) is 4.43. The molecule has 0 bridgehead atoms. The molecule has 0 spiro atoms. The lowest BCUT2D eigenvalue weighted by molar-refractivity contribution is 0.102. The van der Waals surface area contributed by atoms with Gasteiger partial charge in [-0.2, -0.15) is 0 Å². The summed E-state index contributed by atoms with van der Waals surface area (Å²) in [5.74, 6) is 0.700. The standard InChI is InChI=1S/C11H10BrN3O2/c1-6-10(7(2)17-15-6)11(16)14-9-5-8(12)3-4-13-9/h3-5H,1-2H3,(H,13,14,16). The first-order chi connectivity index (χ1) is 8.08. The van der Waals surface area contributed by atoms with Gasteiger partial charge in [-0.3, -0.25) is 4.79 Å². The zero-order valence-corrected chi connectivity index (χ0v) is 10.9. The van der Waals surface area contributed by atoms with Crippen LogP contribution in [0.5, 0.6) is 0 Å². The van der Waals surface area contributed by atoms with Gasteiger partial charge in [0.2, 0.25) is 0 Å². The number of nitrogens with zero attached hydrogens (tertiary/aromatic N) is 2. The van der Waals surface area contributed by atoms with Crippen LogP contribution in [0.3, 0.4) is 0 Å². The molecule has 2 rings (SSSR count). The van der Waals surface area contributed by atoms with Crippen LogP contribution >= 0.6 is 15.9 Å². The molecule has 1 amide bonds. The number of halogens is 1. The summed E-state index contributed by atoms with van der Waals surface area (Å²) in [5, 5.41) is 6.42. The van der Waals surface area contributed by atoms with E-state index in [1.807, 2.05) is 0 Å². The molecule has 0 saturated heterocycles. The Bertz CT molecular complexity index is 546. The van der Waals surface area contributed by atoms with Crippen LogP contribution in [0, 0.1) is 13.8 Å². The average Bonchev–Trinajstić information content (AvgIpc) is 2.58. The molecule has 0 fully saturated rings. The fourth-order valence-corrected chi connectivity index (χ4v) is 1.79. The van der Waals surface area contributed by atoms with Crippen LogP contribution in [0.4, 0.5) is 5.82 Å². The van der Waals surface area contributed by atoms with Gasteiger partial charge in [0.05, 0.1) is 5.69 Å². The van der Waals surface area contributed by atoms with E-state index in [1.165, 1.54) is 0 Å². The van der Waals surface area contributed by atoms with E-state index in [0.717, 1.165) is 4.47 Å². The third kappa shape index (κ3) is 2.52. The molecule has 0 aliphatic carbocycles. The molecule has 5 nitrogen and oxygen atoms in total. The summed E-state index contributed by atoms with van der Waals surface area (Å²) in [6.07, 6.45) is 1.60. The molecule has 2 heterocycles. The number of pyridine rings is 1. The average molecular weight is 296 g/mol. The summed E-state index contributed by atoms with van der Waals surface area (Å²) in [5.41, 5.74) is 1.02. The van der Waals surface area contributed by atoms with Crippen molar-refractivity contribution in [1.82, 2.24) is 10.1 Å². The van der Waals surface area contributed by atoms with Crippen molar-refractivity contribution in [2.75, 3.05) is 5.32 Å². The van der Waals surface area contributed by atoms with E-state index in [9.17, 15) is 4.79 Å². The van der Waals surface area contributed by atoms with Gasteiger partial charge in [0, 0.05) is 10.7 Å². The minimum atomic E-state index is -0.271. The number of carbonyl (C=O) groups excluding carboxylic acids is 1. The first-order valence-corrected chi connectivity index (χ1v) is 5.73. The summed E-state index contributed by atoms with van der Waals surface area (Å²) >= 11 is 3.31. The number of hydrogen-bond donors (Lipinski definition) is 1. The van der Waals surface area contributed by atoms with Crippen molar-refractivity contribution in [3.05, 3.63) is 39.8 Å². The van der Waals surface area contributed by atoms with E-state index < -0.39 is 0 Å². The molecule has 1 N–H and O–H groups in total. The summed E-state index contributed by atoms with van der Waals surface area (Å²) in [6.45, 7) is 3.42. The van der Waals surface area contributed by atoms with Crippen LogP contribution in [-0.2, 0) is 0 Å². The largest absolute Gasteiger partial charge is 0.361 e. The van der Waals surface area contributed by atoms with Gasteiger partial charge < -0.3 is 9.84 Å². The van der Waals surface area contributed by atoms with Gasteiger partial charge in [-0.25, -0.2) is 4.98 Å².